The van der Waals surface area contributed by atoms with Crippen molar-refractivity contribution < 1.29 is 0 Å². The van der Waals surface area contributed by atoms with Gasteiger partial charge in [-0.05, 0) is 26.0 Å². The molecule has 0 radical (unpaired) electrons. The van der Waals surface area contributed by atoms with Crippen LogP contribution in [0.1, 0.15) is 23.9 Å². The van der Waals surface area contributed by atoms with Gasteiger partial charge in [0.2, 0.25) is 5.95 Å². The van der Waals surface area contributed by atoms with Crippen molar-refractivity contribution in [1.82, 2.24) is 15.0 Å². The Labute approximate surface area is 118 Å². The van der Waals surface area contributed by atoms with Crippen LogP contribution in [0.5, 0.6) is 0 Å². The molecule has 0 bridgehead atoms. The lowest BCUT2D eigenvalue weighted by molar-refractivity contribution is 0.770. The van der Waals surface area contributed by atoms with E-state index in [1.165, 1.54) is 0 Å². The van der Waals surface area contributed by atoms with Crippen molar-refractivity contribution >= 4 is 17.5 Å². The second-order valence-electron chi connectivity index (χ2n) is 4.31. The van der Waals surface area contributed by atoms with Crippen LogP contribution in [-0.4, -0.2) is 21.5 Å². The van der Waals surface area contributed by atoms with Gasteiger partial charge in [-0.3, -0.25) is 4.98 Å². The van der Waals surface area contributed by atoms with E-state index < -0.39 is 0 Å². The maximum absolute atomic E-state index is 5.74. The monoisotopic (exact) mass is 276 g/mol. The third kappa shape index (κ3) is 3.64. The largest absolute Gasteiger partial charge is 0.335 e. The van der Waals surface area contributed by atoms with E-state index in [1.807, 2.05) is 25.1 Å². The average molecular weight is 277 g/mol. The molecular formula is C14H17ClN4. The Bertz CT molecular complexity index is 527. The molecule has 0 N–H and O–H groups in total. The maximum atomic E-state index is 5.74. The molecule has 0 fully saturated rings. The van der Waals surface area contributed by atoms with Crippen LogP contribution in [0.4, 0.5) is 5.95 Å². The molecule has 0 aliphatic heterocycles. The first-order valence-corrected chi connectivity index (χ1v) is 6.80. The number of hydrogen-bond donors (Lipinski definition) is 0. The number of anilines is 1. The van der Waals surface area contributed by atoms with E-state index in [0.717, 1.165) is 23.5 Å². The van der Waals surface area contributed by atoms with Gasteiger partial charge in [0.05, 0.1) is 18.1 Å². The minimum absolute atomic E-state index is 0.436. The van der Waals surface area contributed by atoms with Gasteiger partial charge in [-0.25, -0.2) is 9.97 Å². The standard InChI is InChI=1S/C14H17ClN4/c1-3-19(10-13-6-4-5-11(2)18-13)14-16-8-12(7-15)9-17-14/h4-6,8-9H,3,7,10H2,1-2H3. The molecule has 4 nitrogen and oxygen atoms in total. The van der Waals surface area contributed by atoms with Crippen LogP contribution < -0.4 is 4.90 Å². The van der Waals surface area contributed by atoms with Crippen LogP contribution >= 0.6 is 11.6 Å². The van der Waals surface area contributed by atoms with E-state index in [4.69, 9.17) is 11.6 Å². The van der Waals surface area contributed by atoms with Crippen molar-refractivity contribution in [3.63, 3.8) is 0 Å². The minimum atomic E-state index is 0.436. The van der Waals surface area contributed by atoms with Crippen molar-refractivity contribution in [1.29, 1.82) is 0 Å². The Morgan fingerprint density at radius 2 is 1.95 bits per heavy atom. The summed E-state index contributed by atoms with van der Waals surface area (Å²) >= 11 is 5.74. The molecule has 0 aliphatic rings. The number of aryl methyl sites for hydroxylation is 1. The summed E-state index contributed by atoms with van der Waals surface area (Å²) in [4.78, 5) is 15.3. The zero-order valence-electron chi connectivity index (χ0n) is 11.2. The molecule has 19 heavy (non-hydrogen) atoms. The molecular weight excluding hydrogens is 260 g/mol. The molecule has 2 rings (SSSR count). The maximum Gasteiger partial charge on any atom is 0.225 e. The highest BCUT2D eigenvalue weighted by atomic mass is 35.5. The van der Waals surface area contributed by atoms with E-state index in [0.29, 0.717) is 18.4 Å². The Morgan fingerprint density at radius 1 is 1.21 bits per heavy atom. The summed E-state index contributed by atoms with van der Waals surface area (Å²) in [5.74, 6) is 1.14. The van der Waals surface area contributed by atoms with Crippen molar-refractivity contribution in [3.8, 4) is 0 Å². The summed E-state index contributed by atoms with van der Waals surface area (Å²) in [6, 6.07) is 6.03. The molecule has 0 amide bonds. The molecule has 0 spiro atoms. The number of rotatable bonds is 5. The molecule has 5 heteroatoms. The summed E-state index contributed by atoms with van der Waals surface area (Å²) in [6.45, 7) is 5.61. The summed E-state index contributed by atoms with van der Waals surface area (Å²) in [7, 11) is 0. The van der Waals surface area contributed by atoms with E-state index in [9.17, 15) is 0 Å². The third-order valence-corrected chi connectivity index (χ3v) is 3.12. The molecule has 0 saturated carbocycles. The van der Waals surface area contributed by atoms with Gasteiger partial charge in [0.15, 0.2) is 0 Å². The van der Waals surface area contributed by atoms with E-state index in [-0.39, 0.29) is 0 Å². The number of pyridine rings is 1. The van der Waals surface area contributed by atoms with Crippen molar-refractivity contribution in [3.05, 3.63) is 47.5 Å². The van der Waals surface area contributed by atoms with E-state index in [2.05, 4.69) is 26.8 Å². The number of alkyl halides is 1. The first kappa shape index (κ1) is 13.7. The average Bonchev–Trinajstić information content (AvgIpc) is 2.45. The van der Waals surface area contributed by atoms with Crippen LogP contribution in [0.2, 0.25) is 0 Å². The van der Waals surface area contributed by atoms with Gasteiger partial charge >= 0.3 is 0 Å². The lowest BCUT2D eigenvalue weighted by atomic mass is 10.3. The van der Waals surface area contributed by atoms with E-state index >= 15 is 0 Å². The Hall–Kier alpha value is -1.68. The van der Waals surface area contributed by atoms with Crippen LogP contribution in [0.3, 0.4) is 0 Å². The summed E-state index contributed by atoms with van der Waals surface area (Å²) in [5.41, 5.74) is 2.97. The zero-order valence-corrected chi connectivity index (χ0v) is 11.9. The molecule has 0 atom stereocenters. The third-order valence-electron chi connectivity index (χ3n) is 2.81. The summed E-state index contributed by atoms with van der Waals surface area (Å²) < 4.78 is 0. The highest BCUT2D eigenvalue weighted by Crippen LogP contribution is 2.12. The number of aromatic nitrogens is 3. The molecule has 0 aromatic carbocycles. The predicted octanol–water partition coefficient (Wildman–Crippen LogP) is 2.95. The lowest BCUT2D eigenvalue weighted by Gasteiger charge is -2.20. The second-order valence-corrected chi connectivity index (χ2v) is 4.58. The first-order chi connectivity index (χ1) is 9.22. The summed E-state index contributed by atoms with van der Waals surface area (Å²) in [5, 5.41) is 0. The quantitative estimate of drug-likeness (QED) is 0.788. The van der Waals surface area contributed by atoms with Crippen LogP contribution in [0.25, 0.3) is 0 Å². The Kier molecular flexibility index (Phi) is 4.68. The fraction of sp³-hybridized carbons (Fsp3) is 0.357. The molecule has 100 valence electrons. The van der Waals surface area contributed by atoms with Gasteiger partial charge in [0.1, 0.15) is 0 Å². The predicted molar refractivity (Wildman–Crippen MR) is 77.3 cm³/mol. The Balaban J connectivity index is 2.15. The molecule has 2 heterocycles. The molecule has 2 aromatic heterocycles. The smallest absolute Gasteiger partial charge is 0.225 e. The lowest BCUT2D eigenvalue weighted by Crippen LogP contribution is -2.24. The van der Waals surface area contributed by atoms with Crippen molar-refractivity contribution in [2.75, 3.05) is 11.4 Å². The van der Waals surface area contributed by atoms with Gasteiger partial charge in [-0.1, -0.05) is 6.07 Å². The zero-order chi connectivity index (χ0) is 13.7. The SMILES string of the molecule is CCN(Cc1cccc(C)n1)c1ncc(CCl)cn1. The number of halogens is 1. The molecule has 2 aromatic rings. The van der Waals surface area contributed by atoms with Gasteiger partial charge in [0, 0.05) is 30.2 Å². The minimum Gasteiger partial charge on any atom is -0.335 e. The van der Waals surface area contributed by atoms with Gasteiger partial charge < -0.3 is 4.90 Å². The number of nitrogens with zero attached hydrogens (tertiary/aromatic N) is 4. The molecule has 0 aliphatic carbocycles. The van der Waals surface area contributed by atoms with Crippen molar-refractivity contribution in [2.45, 2.75) is 26.3 Å². The van der Waals surface area contributed by atoms with Gasteiger partial charge in [-0.2, -0.15) is 0 Å². The van der Waals surface area contributed by atoms with E-state index in [1.54, 1.807) is 12.4 Å². The highest BCUT2D eigenvalue weighted by Gasteiger charge is 2.09. The fourth-order valence-corrected chi connectivity index (χ4v) is 1.93. The number of hydrogen-bond acceptors (Lipinski definition) is 4. The van der Waals surface area contributed by atoms with Crippen molar-refractivity contribution in [2.24, 2.45) is 0 Å². The van der Waals surface area contributed by atoms with Crippen LogP contribution in [-0.2, 0) is 12.4 Å². The Morgan fingerprint density at radius 3 is 2.53 bits per heavy atom. The molecule has 0 unspecified atom stereocenters. The second kappa shape index (κ2) is 6.48. The first-order valence-electron chi connectivity index (χ1n) is 6.27. The summed E-state index contributed by atoms with van der Waals surface area (Å²) in [6.07, 6.45) is 3.53. The highest BCUT2D eigenvalue weighted by molar-refractivity contribution is 6.17. The van der Waals surface area contributed by atoms with Crippen LogP contribution in [0, 0.1) is 6.92 Å². The fourth-order valence-electron chi connectivity index (χ4n) is 1.79. The van der Waals surface area contributed by atoms with Gasteiger partial charge in [0.25, 0.3) is 0 Å². The topological polar surface area (TPSA) is 41.9 Å². The molecule has 0 saturated heterocycles. The normalized spacial score (nSPS) is 10.5. The van der Waals surface area contributed by atoms with Gasteiger partial charge in [-0.15, -0.1) is 11.6 Å². The van der Waals surface area contributed by atoms with Crippen LogP contribution in [0.15, 0.2) is 30.6 Å².